The fraction of sp³-hybridized carbons (Fsp3) is 0.500. The Labute approximate surface area is 111 Å². The van der Waals surface area contributed by atoms with E-state index >= 15 is 0 Å². The molecule has 1 heterocycles. The number of unbranched alkanes of at least 4 members (excludes halogenated alkanes) is 1. The van der Waals surface area contributed by atoms with Crippen molar-refractivity contribution in [2.75, 3.05) is 12.3 Å². The van der Waals surface area contributed by atoms with Crippen LogP contribution in [-0.2, 0) is 0 Å². The van der Waals surface area contributed by atoms with Crippen LogP contribution in [0.2, 0.25) is 0 Å². The number of aromatic nitrogens is 2. The second-order valence-electron chi connectivity index (χ2n) is 3.37. The molecule has 0 saturated heterocycles. The van der Waals surface area contributed by atoms with Crippen molar-refractivity contribution in [1.29, 1.82) is 0 Å². The third-order valence-corrected chi connectivity index (χ3v) is 2.04. The van der Waals surface area contributed by atoms with Crippen LogP contribution in [0, 0.1) is 4.91 Å². The van der Waals surface area contributed by atoms with Crippen molar-refractivity contribution in [1.82, 2.24) is 9.97 Å². The number of aromatic amines is 1. The molecule has 0 fully saturated rings. The van der Waals surface area contributed by atoms with E-state index < -0.39 is 5.56 Å². The molecule has 106 valence electrons. The summed E-state index contributed by atoms with van der Waals surface area (Å²) in [6.07, 6.45) is 1.76. The molecule has 0 aliphatic heterocycles. The summed E-state index contributed by atoms with van der Waals surface area (Å²) in [5, 5.41) is 2.59. The van der Waals surface area contributed by atoms with Crippen LogP contribution in [0.15, 0.2) is 16.6 Å². The number of anilines is 1. The first-order valence-electron chi connectivity index (χ1n) is 6.15. The molecule has 0 saturated carbocycles. The van der Waals surface area contributed by atoms with Gasteiger partial charge in [-0.1, -0.05) is 33.8 Å². The van der Waals surface area contributed by atoms with Gasteiger partial charge in [-0.15, -0.1) is 4.91 Å². The normalized spacial score (nSPS) is 9.21. The number of ether oxygens (including phenoxy) is 1. The van der Waals surface area contributed by atoms with Crippen molar-refractivity contribution in [3.8, 4) is 5.88 Å². The molecule has 0 atom stereocenters. The standard InChI is InChI=1S/C10H14N4O3.C2H6/c1-3-4-5-17-10-7(11)9(15)12-8(13-10)6(2)14-16;1-2/h2-5,11H2,1H3,(H,12,13,15);1-2H3. The zero-order chi connectivity index (χ0) is 14.8. The number of rotatable bonds is 6. The number of nitroso groups, excluding NO2 is 1. The highest BCUT2D eigenvalue weighted by atomic mass is 16.5. The SMILES string of the molecule is C=C(N=O)c1nc(OCCCC)c(N)c(=O)[nH]1.CC. The third-order valence-electron chi connectivity index (χ3n) is 2.04. The highest BCUT2D eigenvalue weighted by molar-refractivity contribution is 5.58. The highest BCUT2D eigenvalue weighted by Gasteiger charge is 2.11. The van der Waals surface area contributed by atoms with Gasteiger partial charge in [-0.05, 0) is 11.6 Å². The number of nitrogens with one attached hydrogen (secondary N) is 1. The molecule has 1 aromatic heterocycles. The fourth-order valence-corrected chi connectivity index (χ4v) is 1.06. The summed E-state index contributed by atoms with van der Waals surface area (Å²) >= 11 is 0. The second kappa shape index (κ2) is 8.84. The van der Waals surface area contributed by atoms with Gasteiger partial charge in [0.1, 0.15) is 5.70 Å². The van der Waals surface area contributed by atoms with Gasteiger partial charge < -0.3 is 15.5 Å². The Morgan fingerprint density at radius 1 is 1.53 bits per heavy atom. The average molecular weight is 268 g/mol. The number of nitrogen functional groups attached to an aromatic ring is 1. The Bertz CT molecular complexity index is 482. The molecule has 7 nitrogen and oxygen atoms in total. The topological polar surface area (TPSA) is 110 Å². The summed E-state index contributed by atoms with van der Waals surface area (Å²) < 4.78 is 5.25. The van der Waals surface area contributed by atoms with E-state index in [1.54, 1.807) is 0 Å². The largest absolute Gasteiger partial charge is 0.476 e. The van der Waals surface area contributed by atoms with Gasteiger partial charge in [-0.2, -0.15) is 4.98 Å². The minimum Gasteiger partial charge on any atom is -0.476 e. The maximum absolute atomic E-state index is 11.4. The van der Waals surface area contributed by atoms with Crippen molar-refractivity contribution < 1.29 is 4.74 Å². The Morgan fingerprint density at radius 2 is 2.16 bits per heavy atom. The molecule has 1 aromatic rings. The van der Waals surface area contributed by atoms with Gasteiger partial charge in [0.2, 0.25) is 5.88 Å². The molecule has 19 heavy (non-hydrogen) atoms. The van der Waals surface area contributed by atoms with Crippen LogP contribution in [0.3, 0.4) is 0 Å². The van der Waals surface area contributed by atoms with Crippen LogP contribution in [-0.4, -0.2) is 16.6 Å². The molecule has 0 aliphatic rings. The number of nitrogens with two attached hydrogens (primary N) is 1. The van der Waals surface area contributed by atoms with E-state index in [0.29, 0.717) is 6.61 Å². The molecule has 7 heteroatoms. The second-order valence-corrected chi connectivity index (χ2v) is 3.37. The molecule has 1 rings (SSSR count). The summed E-state index contributed by atoms with van der Waals surface area (Å²) in [5.74, 6) is -0.0345. The molecule has 0 spiro atoms. The van der Waals surface area contributed by atoms with Crippen molar-refractivity contribution in [3.05, 3.63) is 27.7 Å². The van der Waals surface area contributed by atoms with Gasteiger partial charge in [-0.3, -0.25) is 4.79 Å². The Hall–Kier alpha value is -2.18. The lowest BCUT2D eigenvalue weighted by Crippen LogP contribution is -2.17. The van der Waals surface area contributed by atoms with E-state index in [0.717, 1.165) is 12.8 Å². The van der Waals surface area contributed by atoms with Crippen molar-refractivity contribution in [2.45, 2.75) is 33.6 Å². The van der Waals surface area contributed by atoms with Crippen LogP contribution in [0.4, 0.5) is 5.69 Å². The van der Waals surface area contributed by atoms with Crippen LogP contribution < -0.4 is 16.0 Å². The van der Waals surface area contributed by atoms with Gasteiger partial charge in [0.15, 0.2) is 11.5 Å². The molecule has 0 radical (unpaired) electrons. The Kier molecular flexibility index (Phi) is 7.83. The predicted molar refractivity (Wildman–Crippen MR) is 75.9 cm³/mol. The molecule has 0 amide bonds. The van der Waals surface area contributed by atoms with Crippen LogP contribution in [0.1, 0.15) is 39.4 Å². The van der Waals surface area contributed by atoms with E-state index in [-0.39, 0.29) is 23.1 Å². The quantitative estimate of drug-likeness (QED) is 0.607. The monoisotopic (exact) mass is 268 g/mol. The lowest BCUT2D eigenvalue weighted by atomic mass is 10.4. The number of H-pyrrole nitrogens is 1. The van der Waals surface area contributed by atoms with Crippen molar-refractivity contribution >= 4 is 11.4 Å². The predicted octanol–water partition coefficient (Wildman–Crippen LogP) is 2.29. The summed E-state index contributed by atoms with van der Waals surface area (Å²) in [7, 11) is 0. The van der Waals surface area contributed by atoms with E-state index in [1.165, 1.54) is 0 Å². The van der Waals surface area contributed by atoms with Gasteiger partial charge >= 0.3 is 0 Å². The average Bonchev–Trinajstić information content (AvgIpc) is 2.44. The minimum atomic E-state index is -0.578. The first kappa shape index (κ1) is 16.8. The molecule has 0 unspecified atom stereocenters. The van der Waals surface area contributed by atoms with Crippen molar-refractivity contribution in [2.24, 2.45) is 5.18 Å². The summed E-state index contributed by atoms with van der Waals surface area (Å²) in [4.78, 5) is 27.9. The van der Waals surface area contributed by atoms with E-state index in [1.807, 2.05) is 20.8 Å². The zero-order valence-electron chi connectivity index (χ0n) is 11.5. The smallest absolute Gasteiger partial charge is 0.278 e. The van der Waals surface area contributed by atoms with E-state index in [9.17, 15) is 9.70 Å². The summed E-state index contributed by atoms with van der Waals surface area (Å²) in [6.45, 7) is 9.75. The summed E-state index contributed by atoms with van der Waals surface area (Å²) in [6, 6.07) is 0. The number of hydrogen-bond acceptors (Lipinski definition) is 6. The van der Waals surface area contributed by atoms with E-state index in [2.05, 4.69) is 21.7 Å². The first-order valence-corrected chi connectivity index (χ1v) is 6.15. The van der Waals surface area contributed by atoms with Gasteiger partial charge in [-0.25, -0.2) is 0 Å². The maximum atomic E-state index is 11.4. The minimum absolute atomic E-state index is 0.00185. The summed E-state index contributed by atoms with van der Waals surface area (Å²) in [5.41, 5.74) is 4.63. The van der Waals surface area contributed by atoms with Crippen LogP contribution >= 0.6 is 0 Å². The van der Waals surface area contributed by atoms with Crippen molar-refractivity contribution in [3.63, 3.8) is 0 Å². The lowest BCUT2D eigenvalue weighted by Gasteiger charge is -2.07. The number of hydrogen-bond donors (Lipinski definition) is 2. The van der Waals surface area contributed by atoms with Gasteiger partial charge in [0.05, 0.1) is 6.61 Å². The molecular weight excluding hydrogens is 248 g/mol. The molecule has 3 N–H and O–H groups in total. The van der Waals surface area contributed by atoms with Gasteiger partial charge in [0, 0.05) is 0 Å². The van der Waals surface area contributed by atoms with Crippen LogP contribution in [0.25, 0.3) is 5.70 Å². The Morgan fingerprint density at radius 3 is 2.68 bits per heavy atom. The highest BCUT2D eigenvalue weighted by Crippen LogP contribution is 2.16. The maximum Gasteiger partial charge on any atom is 0.278 e. The third kappa shape index (κ3) is 4.90. The lowest BCUT2D eigenvalue weighted by molar-refractivity contribution is 0.298. The molecular formula is C12H20N4O3. The van der Waals surface area contributed by atoms with E-state index in [4.69, 9.17) is 10.5 Å². The molecule has 0 aliphatic carbocycles. The van der Waals surface area contributed by atoms with Gasteiger partial charge in [0.25, 0.3) is 5.56 Å². The molecule has 0 bridgehead atoms. The molecule has 0 aromatic carbocycles. The first-order chi connectivity index (χ1) is 9.10. The Balaban J connectivity index is 0.00000154. The fourth-order valence-electron chi connectivity index (χ4n) is 1.06. The van der Waals surface area contributed by atoms with Crippen LogP contribution in [0.5, 0.6) is 5.88 Å². The number of nitrogens with zero attached hydrogens (tertiary/aromatic N) is 2. The zero-order valence-corrected chi connectivity index (χ0v) is 11.5.